The van der Waals surface area contributed by atoms with Gasteiger partial charge in [0.05, 0.1) is 12.0 Å². The molecule has 0 aromatic heterocycles. The monoisotopic (exact) mass is 1080 g/mol. The smallest absolute Gasteiger partial charge is 0.341 e. The molecule has 1 aliphatic heterocycles. The standard InChI is InChI=1S/C52H58N2O23/c1-25(55)67-23-43(69-27(3)57)46(71-29(5)59)48(73-31(7)61)50(75-33(9)63)53(11)35-17-19-39-41(21-35)77-42-22-36(18-20-40(42)45(39)37-15-13-14-16-38(37)52(65)66)54(12)51(76-34(10)64)49(74-32(8)62)47(72-30(6)60)44(70-28(4)58)24-68-26(2)56/h13-22,43-44,46-51H,23-24H2,1-12H3. The maximum Gasteiger partial charge on any atom is 0.341 e. The van der Waals surface area contributed by atoms with E-state index < -0.39 is 128 Å². The third kappa shape index (κ3) is 16.8. The Bertz CT molecular complexity index is 2960. The van der Waals surface area contributed by atoms with E-state index in [1.165, 1.54) is 78.2 Å². The minimum Gasteiger partial charge on any atom is -0.545 e. The molecule has 1 aliphatic carbocycles. The van der Waals surface area contributed by atoms with Crippen LogP contribution in [0, 0.1) is 0 Å². The molecule has 2 aliphatic rings. The highest BCUT2D eigenvalue weighted by Crippen LogP contribution is 2.42. The van der Waals surface area contributed by atoms with Crippen molar-refractivity contribution in [2.24, 2.45) is 0 Å². The van der Waals surface area contributed by atoms with Crippen molar-refractivity contribution in [1.82, 2.24) is 4.58 Å². The fraction of sp³-hybridized carbons (Fsp3) is 0.423. The number of nitrogens with zero attached hydrogens (tertiary/aromatic N) is 2. The lowest BCUT2D eigenvalue weighted by Crippen LogP contribution is -2.58. The first-order valence-electron chi connectivity index (χ1n) is 23.3. The van der Waals surface area contributed by atoms with Crippen molar-refractivity contribution in [3.05, 3.63) is 71.6 Å². The van der Waals surface area contributed by atoms with Crippen LogP contribution in [0.2, 0.25) is 0 Å². The number of fused-ring (bicyclic) bond motifs is 2. The Kier molecular flexibility index (Phi) is 21.3. The summed E-state index contributed by atoms with van der Waals surface area (Å²) in [6, 6.07) is 14.9. The van der Waals surface area contributed by atoms with Gasteiger partial charge in [0.1, 0.15) is 31.6 Å². The maximum atomic E-state index is 12.9. The van der Waals surface area contributed by atoms with Crippen LogP contribution in [0.25, 0.3) is 33.4 Å². The predicted molar refractivity (Wildman–Crippen MR) is 260 cm³/mol. The molecule has 0 bridgehead atoms. The fourth-order valence-corrected chi connectivity index (χ4v) is 8.11. The lowest BCUT2D eigenvalue weighted by atomic mass is 9.90. The number of aromatic carboxylic acids is 1. The molecule has 414 valence electrons. The van der Waals surface area contributed by atoms with Crippen molar-refractivity contribution in [3.8, 4) is 22.5 Å². The second kappa shape index (κ2) is 27.1. The Hall–Kier alpha value is -8.90. The molecule has 0 spiro atoms. The van der Waals surface area contributed by atoms with E-state index in [-0.39, 0.29) is 39.1 Å². The van der Waals surface area contributed by atoms with E-state index in [2.05, 4.69) is 0 Å². The number of rotatable bonds is 23. The zero-order valence-corrected chi connectivity index (χ0v) is 44.1. The van der Waals surface area contributed by atoms with E-state index in [4.69, 9.17) is 51.8 Å². The van der Waals surface area contributed by atoms with Crippen LogP contribution in [-0.4, -0.2) is 142 Å². The summed E-state index contributed by atoms with van der Waals surface area (Å²) >= 11 is 0. The van der Waals surface area contributed by atoms with Crippen molar-refractivity contribution >= 4 is 82.3 Å². The number of carboxylic acid groups (broad SMARTS) is 1. The third-order valence-electron chi connectivity index (χ3n) is 10.9. The van der Waals surface area contributed by atoms with E-state index in [1.807, 2.05) is 0 Å². The van der Waals surface area contributed by atoms with Gasteiger partial charge in [0.25, 0.3) is 0 Å². The van der Waals surface area contributed by atoms with E-state index in [0.717, 1.165) is 69.2 Å². The minimum absolute atomic E-state index is 0.0125. The molecule has 0 saturated carbocycles. The second-order valence-corrected chi connectivity index (χ2v) is 17.1. The van der Waals surface area contributed by atoms with Crippen LogP contribution in [0.1, 0.15) is 79.6 Å². The summed E-state index contributed by atoms with van der Waals surface area (Å²) in [7, 11) is 2.78. The molecular weight excluding hydrogens is 1020 g/mol. The van der Waals surface area contributed by atoms with Gasteiger partial charge in [-0.2, -0.15) is 4.58 Å². The summed E-state index contributed by atoms with van der Waals surface area (Å²) in [5, 5.41) is 13.1. The van der Waals surface area contributed by atoms with Crippen LogP contribution in [0.15, 0.2) is 65.1 Å². The molecule has 25 nitrogen and oxygen atoms in total. The van der Waals surface area contributed by atoms with Gasteiger partial charge in [-0.15, -0.1) is 0 Å². The number of carbonyl (C=O) groups is 11. The van der Waals surface area contributed by atoms with E-state index in [9.17, 15) is 57.8 Å². The van der Waals surface area contributed by atoms with Gasteiger partial charge in [-0.3, -0.25) is 47.9 Å². The van der Waals surface area contributed by atoms with Crippen LogP contribution in [0.3, 0.4) is 0 Å². The number of esters is 10. The number of hydrogen-bond acceptors (Lipinski definition) is 24. The van der Waals surface area contributed by atoms with Crippen molar-refractivity contribution in [2.45, 2.75) is 118 Å². The van der Waals surface area contributed by atoms with Crippen molar-refractivity contribution in [3.63, 3.8) is 0 Å². The van der Waals surface area contributed by atoms with E-state index in [0.29, 0.717) is 10.9 Å². The number of carboxylic acids is 1. The Labute approximate surface area is 440 Å². The Balaban J connectivity index is 2.13. The molecular formula is C52H58N2O23. The highest BCUT2D eigenvalue weighted by molar-refractivity contribution is 6.07. The van der Waals surface area contributed by atoms with Gasteiger partial charge >= 0.3 is 65.9 Å². The molecule has 8 unspecified atom stereocenters. The lowest BCUT2D eigenvalue weighted by molar-refractivity contribution is -0.255. The van der Waals surface area contributed by atoms with E-state index in [1.54, 1.807) is 6.07 Å². The number of benzene rings is 3. The summed E-state index contributed by atoms with van der Waals surface area (Å²) in [4.78, 5) is 139. The van der Waals surface area contributed by atoms with Gasteiger partial charge in [0.15, 0.2) is 30.5 Å². The summed E-state index contributed by atoms with van der Waals surface area (Å²) < 4.78 is 62.8. The summed E-state index contributed by atoms with van der Waals surface area (Å²) in [6.07, 6.45) is -14.0. The van der Waals surface area contributed by atoms with Gasteiger partial charge in [0, 0.05) is 116 Å². The highest BCUT2D eigenvalue weighted by atomic mass is 16.7. The van der Waals surface area contributed by atoms with E-state index >= 15 is 0 Å². The molecule has 8 atom stereocenters. The minimum atomic E-state index is -1.83. The first kappa shape index (κ1) is 60.7. The molecule has 2 aromatic rings. The largest absolute Gasteiger partial charge is 0.545 e. The van der Waals surface area contributed by atoms with Crippen LogP contribution < -0.4 is 19.9 Å². The third-order valence-corrected chi connectivity index (χ3v) is 10.9. The van der Waals surface area contributed by atoms with Gasteiger partial charge in [-0.25, -0.2) is 0 Å². The van der Waals surface area contributed by atoms with Crippen LogP contribution in [0.4, 0.5) is 5.69 Å². The molecule has 1 heterocycles. The second-order valence-electron chi connectivity index (χ2n) is 17.1. The lowest BCUT2D eigenvalue weighted by Gasteiger charge is -2.39. The van der Waals surface area contributed by atoms with Crippen LogP contribution in [0.5, 0.6) is 0 Å². The van der Waals surface area contributed by atoms with Gasteiger partial charge in [-0.05, 0) is 23.8 Å². The number of ether oxygens (including phenoxy) is 10. The van der Waals surface area contributed by atoms with Crippen LogP contribution >= 0.6 is 0 Å². The first-order chi connectivity index (χ1) is 36.1. The summed E-state index contributed by atoms with van der Waals surface area (Å²) in [5.41, 5.74) is 0.639. The average molecular weight is 1080 g/mol. The molecule has 2 aromatic carbocycles. The van der Waals surface area contributed by atoms with Gasteiger partial charge in [-0.1, -0.05) is 24.3 Å². The topological polar surface area (TPSA) is 323 Å². The molecule has 0 fully saturated rings. The molecule has 77 heavy (non-hydrogen) atoms. The van der Waals surface area contributed by atoms with Gasteiger partial charge < -0.3 is 66.6 Å². The highest BCUT2D eigenvalue weighted by Gasteiger charge is 2.49. The number of likely N-dealkylation sites (N-methyl/N-ethyl adjacent to an activating group) is 2. The molecule has 0 amide bonds. The Morgan fingerprint density at radius 3 is 1.47 bits per heavy atom. The summed E-state index contributed by atoms with van der Waals surface area (Å²) in [6.45, 7) is 8.80. The molecule has 0 radical (unpaired) electrons. The van der Waals surface area contributed by atoms with Crippen molar-refractivity contribution < 1.29 is 110 Å². The SMILES string of the molecule is CC(=O)OCC(OC(C)=O)C(OC(C)=O)C(OC(C)=O)C(OC(C)=O)N(C)c1ccc2c(-c3ccccc3C(=O)[O-])c3cc/c(=[N+](/C)C(OC(C)=O)C(OC(C)=O)C(OC(C)=O)C(COC(C)=O)OC(C)=O)cc-3oc2c1. The number of carbonyl (C=O) groups excluding carboxylic acids is 11. The van der Waals surface area contributed by atoms with Crippen LogP contribution in [-0.2, 0) is 95.3 Å². The Morgan fingerprint density at radius 2 is 0.987 bits per heavy atom. The fourth-order valence-electron chi connectivity index (χ4n) is 8.11. The molecule has 25 heteroatoms. The van der Waals surface area contributed by atoms with Crippen molar-refractivity contribution in [2.75, 3.05) is 32.2 Å². The molecule has 0 N–H and O–H groups in total. The molecule has 4 rings (SSSR count). The maximum absolute atomic E-state index is 12.9. The van der Waals surface area contributed by atoms with Crippen molar-refractivity contribution in [1.29, 1.82) is 0 Å². The normalized spacial score (nSPS) is 14.5. The zero-order chi connectivity index (χ0) is 57.6. The quantitative estimate of drug-likeness (QED) is 0.0337. The Morgan fingerprint density at radius 1 is 0.519 bits per heavy atom. The predicted octanol–water partition coefficient (Wildman–Crippen LogP) is 1.90. The first-order valence-corrected chi connectivity index (χ1v) is 23.3. The average Bonchev–Trinajstić information content (AvgIpc) is 3.34. The summed E-state index contributed by atoms with van der Waals surface area (Å²) in [5.74, 6) is -10.8. The molecule has 0 saturated heterocycles. The number of hydrogen-bond donors (Lipinski definition) is 0. The zero-order valence-electron chi connectivity index (χ0n) is 44.1. The van der Waals surface area contributed by atoms with Gasteiger partial charge in [0.2, 0.25) is 17.7 Å². The number of anilines is 1.